The molecule has 6 N–H and O–H groups in total. The number of allylic oxidation sites excluding steroid dienone is 6. The van der Waals surface area contributed by atoms with Gasteiger partial charge in [0.05, 0.1) is 24.9 Å². The van der Waals surface area contributed by atoms with E-state index < -0.39 is 46.5 Å². The van der Waals surface area contributed by atoms with E-state index in [1.165, 1.54) is 20.1 Å². The number of carbonyl (C=O) groups is 3. The smallest absolute Gasteiger partial charge is 0.302 e. The molecular formula is C60H68N4O9. The molecule has 4 bridgehead atoms. The number of ketones is 2. The maximum Gasteiger partial charge on any atom is 0.302 e. The van der Waals surface area contributed by atoms with Gasteiger partial charge in [0.25, 0.3) is 0 Å². The van der Waals surface area contributed by atoms with Crippen molar-refractivity contribution >= 4 is 34.0 Å². The van der Waals surface area contributed by atoms with Crippen molar-refractivity contribution in [3.63, 3.8) is 0 Å². The number of methoxy groups -OCH3 is 1. The van der Waals surface area contributed by atoms with Gasteiger partial charge in [-0.3, -0.25) is 14.4 Å². The number of aliphatic hydroxyl groups excluding tert-OH is 1. The van der Waals surface area contributed by atoms with Crippen molar-refractivity contribution in [2.45, 2.75) is 122 Å². The Hall–Kier alpha value is -6.99. The zero-order chi connectivity index (χ0) is 51.2. The first-order valence-electron chi connectivity index (χ1n) is 26.0. The molecule has 13 heteroatoms. The van der Waals surface area contributed by atoms with E-state index in [0.717, 1.165) is 81.5 Å². The summed E-state index contributed by atoms with van der Waals surface area (Å²) in [6.07, 6.45) is 24.4. The standard InChI is InChI=1S/C60H68N4O9/c1-36-10-5-6-18-59(36)21-15-46(73-38(3)66)29-45(68)30-51(41-26-53(69)57(70)54(27-41)72-4)64-35-49-50(14-13-47-56(49)52(64)32-60(58(47)71)19-7-8-20-60)63(23-17-37(2)65)55-28-40(16-22-62-55)48(39-11-9-12-44(67)24-39)25-42-33-61-34-43(42)31-59/h5-6,9-14,16,18,24,26-28,33-36,46,48,51,58,61-62,67,69-71H,7-8,15,17,19-23,25,29-32H2,1-4H3. The van der Waals surface area contributed by atoms with Crippen molar-refractivity contribution in [3.05, 3.63) is 148 Å². The molecule has 0 amide bonds. The molecule has 0 saturated heterocycles. The van der Waals surface area contributed by atoms with Crippen molar-refractivity contribution in [1.82, 2.24) is 14.9 Å². The van der Waals surface area contributed by atoms with Crippen molar-refractivity contribution < 1.29 is 44.3 Å². The van der Waals surface area contributed by atoms with Gasteiger partial charge in [-0.05, 0) is 133 Å². The third-order valence-corrected chi connectivity index (χ3v) is 16.9. The number of dihydropyridines is 1. The second kappa shape index (κ2) is 20.1. The minimum Gasteiger partial charge on any atom is -0.508 e. The molecule has 2 aliphatic heterocycles. The zero-order valence-corrected chi connectivity index (χ0v) is 42.3. The zero-order valence-electron chi connectivity index (χ0n) is 42.3. The van der Waals surface area contributed by atoms with Gasteiger partial charge < -0.3 is 49.7 Å². The summed E-state index contributed by atoms with van der Waals surface area (Å²) in [5.74, 6) is -0.471. The number of nitrogens with one attached hydrogen (secondary N) is 2. The van der Waals surface area contributed by atoms with E-state index in [9.17, 15) is 30.0 Å². The number of Topliss-reactive ketones (excluding diaryl/α,β-unsaturated/α-hetero) is 2. The minimum atomic E-state index is -0.745. The number of aromatic hydroxyl groups is 3. The van der Waals surface area contributed by atoms with E-state index in [0.29, 0.717) is 50.8 Å². The molecule has 3 aromatic carbocycles. The molecule has 6 unspecified atom stereocenters. The Morgan fingerprint density at radius 2 is 1.73 bits per heavy atom. The molecule has 5 aliphatic rings. The molecule has 1 saturated carbocycles. The summed E-state index contributed by atoms with van der Waals surface area (Å²) in [6.45, 7) is 6.02. The number of H-pyrrole nitrogens is 1. The maximum atomic E-state index is 15.0. The van der Waals surface area contributed by atoms with E-state index >= 15 is 4.79 Å². The Labute approximate surface area is 426 Å². The number of ether oxygens (including phenoxy) is 2. The van der Waals surface area contributed by atoms with E-state index in [-0.39, 0.29) is 54.2 Å². The van der Waals surface area contributed by atoms with Crippen LogP contribution in [0.3, 0.4) is 0 Å². The first-order valence-corrected chi connectivity index (χ1v) is 26.0. The van der Waals surface area contributed by atoms with Crippen molar-refractivity contribution in [1.29, 1.82) is 0 Å². The highest BCUT2D eigenvalue weighted by molar-refractivity contribution is 6.00. The van der Waals surface area contributed by atoms with Crippen LogP contribution in [0.4, 0.5) is 5.69 Å². The van der Waals surface area contributed by atoms with Crippen LogP contribution in [-0.2, 0) is 38.4 Å². The lowest BCUT2D eigenvalue weighted by Gasteiger charge is -2.40. The summed E-state index contributed by atoms with van der Waals surface area (Å²) >= 11 is 0. The molecule has 13 nitrogen and oxygen atoms in total. The molecule has 2 aromatic heterocycles. The van der Waals surface area contributed by atoms with Crippen LogP contribution < -0.4 is 15.0 Å². The number of fused-ring (bicyclic) bond motifs is 4. The van der Waals surface area contributed by atoms with Gasteiger partial charge in [-0.1, -0.05) is 68.3 Å². The van der Waals surface area contributed by atoms with Crippen LogP contribution in [0.1, 0.15) is 130 Å². The van der Waals surface area contributed by atoms with E-state index in [4.69, 9.17) is 9.47 Å². The fraction of sp³-hybridized carbons (Fsp3) is 0.417. The molecule has 3 aliphatic carbocycles. The summed E-state index contributed by atoms with van der Waals surface area (Å²) in [5, 5.41) is 51.0. The number of phenols is 3. The molecule has 4 heterocycles. The van der Waals surface area contributed by atoms with Crippen LogP contribution in [-0.4, -0.2) is 73.8 Å². The summed E-state index contributed by atoms with van der Waals surface area (Å²) in [7, 11) is 1.42. The predicted molar refractivity (Wildman–Crippen MR) is 281 cm³/mol. The number of aliphatic hydroxyl groups is 1. The first kappa shape index (κ1) is 49.6. The number of anilines is 1. The number of nitrogens with zero attached hydrogens (tertiary/aromatic N) is 2. The van der Waals surface area contributed by atoms with Gasteiger partial charge in [0.2, 0.25) is 5.75 Å². The Morgan fingerprint density at radius 3 is 2.48 bits per heavy atom. The minimum absolute atomic E-state index is 0.0279. The highest BCUT2D eigenvalue weighted by atomic mass is 16.5. The Bertz CT molecular complexity index is 3080. The molecule has 1 fully saturated rings. The lowest BCUT2D eigenvalue weighted by molar-refractivity contribution is -0.148. The second-order valence-electron chi connectivity index (χ2n) is 21.4. The van der Waals surface area contributed by atoms with Crippen molar-refractivity contribution in [3.8, 4) is 23.0 Å². The van der Waals surface area contributed by atoms with Crippen LogP contribution in [0, 0.1) is 16.7 Å². The fourth-order valence-corrected chi connectivity index (χ4v) is 13.0. The summed E-state index contributed by atoms with van der Waals surface area (Å²) in [5.41, 5.74) is 6.53. The Morgan fingerprint density at radius 1 is 0.918 bits per heavy atom. The lowest BCUT2D eigenvalue weighted by atomic mass is 9.66. The second-order valence-corrected chi connectivity index (χ2v) is 21.4. The summed E-state index contributed by atoms with van der Waals surface area (Å²) < 4.78 is 13.8. The van der Waals surface area contributed by atoms with Crippen LogP contribution in [0.15, 0.2) is 115 Å². The largest absolute Gasteiger partial charge is 0.508 e. The van der Waals surface area contributed by atoms with E-state index in [1.807, 2.05) is 24.3 Å². The highest BCUT2D eigenvalue weighted by Crippen LogP contribution is 2.57. The monoisotopic (exact) mass is 988 g/mol. The lowest BCUT2D eigenvalue weighted by Crippen LogP contribution is -2.36. The summed E-state index contributed by atoms with van der Waals surface area (Å²) in [6, 6.07) is 13.9. The molecule has 5 aromatic rings. The van der Waals surface area contributed by atoms with Crippen molar-refractivity contribution in [2.24, 2.45) is 16.7 Å². The van der Waals surface area contributed by atoms with Gasteiger partial charge in [0.1, 0.15) is 29.2 Å². The van der Waals surface area contributed by atoms with E-state index in [2.05, 4.69) is 87.8 Å². The number of aromatic nitrogens is 2. The third kappa shape index (κ3) is 9.60. The molecular weight excluding hydrogens is 921 g/mol. The Balaban J connectivity index is 1.21. The van der Waals surface area contributed by atoms with Gasteiger partial charge in [-0.15, -0.1) is 0 Å². The van der Waals surface area contributed by atoms with Crippen LogP contribution in [0.25, 0.3) is 10.8 Å². The average Bonchev–Trinajstić information content (AvgIpc) is 4.12. The average molecular weight is 989 g/mol. The van der Waals surface area contributed by atoms with Crippen LogP contribution in [0.2, 0.25) is 0 Å². The van der Waals surface area contributed by atoms with Crippen LogP contribution >= 0.6 is 0 Å². The Kier molecular flexibility index (Phi) is 13.7. The number of carbonyl (C=O) groups excluding carboxylic acids is 3. The molecule has 10 rings (SSSR count). The number of hydrogen-bond donors (Lipinski definition) is 6. The number of esters is 1. The maximum absolute atomic E-state index is 15.0. The number of rotatable bonds is 7. The highest BCUT2D eigenvalue weighted by Gasteiger charge is 2.47. The molecule has 382 valence electrons. The van der Waals surface area contributed by atoms with Gasteiger partial charge >= 0.3 is 5.97 Å². The van der Waals surface area contributed by atoms with Crippen LogP contribution in [0.5, 0.6) is 23.0 Å². The first-order chi connectivity index (χ1) is 35.2. The fourth-order valence-electron chi connectivity index (χ4n) is 13.0. The number of benzene rings is 3. The summed E-state index contributed by atoms with van der Waals surface area (Å²) in [4.78, 5) is 46.6. The molecule has 73 heavy (non-hydrogen) atoms. The predicted octanol–water partition coefficient (Wildman–Crippen LogP) is 10.4. The normalized spacial score (nSPS) is 25.0. The SMILES string of the molecule is COc1cc(C2CC(=O)CC(OC(C)=O)CCC3(C=CC=CC3C)Cc3c[nH]cc3CC(c3cccc(O)c3)C3=CCNC(=C3)N(CCC(C)=O)c3ccc4c5c(n2cc35)CC2(CCCC2)C4O)cc(O)c1O. The van der Waals surface area contributed by atoms with Crippen molar-refractivity contribution in [2.75, 3.05) is 25.1 Å². The number of hydrogen-bond acceptors (Lipinski definition) is 11. The molecule has 6 atom stereocenters. The number of phenolic OH excluding ortho intramolecular Hbond substituents is 3. The van der Waals surface area contributed by atoms with Gasteiger partial charge in [-0.2, -0.15) is 0 Å². The van der Waals surface area contributed by atoms with Gasteiger partial charge in [0.15, 0.2) is 11.5 Å². The quantitative estimate of drug-likeness (QED) is 0.0673. The third-order valence-electron chi connectivity index (χ3n) is 16.9. The van der Waals surface area contributed by atoms with Gasteiger partial charge in [0, 0.05) is 85.7 Å². The van der Waals surface area contributed by atoms with Gasteiger partial charge in [-0.25, -0.2) is 0 Å². The topological polar surface area (TPSA) is 187 Å². The molecule has 2 spiro atoms. The van der Waals surface area contributed by atoms with E-state index in [1.54, 1.807) is 19.1 Å². The molecule has 0 radical (unpaired) electrons. The number of aromatic amines is 1.